The van der Waals surface area contributed by atoms with Gasteiger partial charge in [-0.3, -0.25) is 19.4 Å². The lowest BCUT2D eigenvalue weighted by Gasteiger charge is -2.41. The summed E-state index contributed by atoms with van der Waals surface area (Å²) in [7, 11) is 0. The standard InChI is InChI=1S/C32H44FN7O2S/c1-20-27(21(2)39-38-20)24-14-15-26(35-30(24)33)36-32(42)29(37-31(41)25-16-17-34-40(25)18-19-43-3)28(22-10-6-4-7-11-22)23-12-8-5-9-13-23/h14-17,22-23,28-29H,4-13,18-19H2,1-3H3,(H,37,41)(H,38,39)(H,35,36,42)/t29-/m0/s1. The minimum atomic E-state index is -0.773. The molecule has 1 atom stereocenters. The molecule has 43 heavy (non-hydrogen) atoms. The first-order valence-electron chi connectivity index (χ1n) is 15.7. The van der Waals surface area contributed by atoms with Crippen molar-refractivity contribution in [3.05, 3.63) is 47.4 Å². The predicted octanol–water partition coefficient (Wildman–Crippen LogP) is 6.30. The van der Waals surface area contributed by atoms with Crippen molar-refractivity contribution in [3.8, 4) is 11.1 Å². The highest BCUT2D eigenvalue weighted by Gasteiger charge is 2.41. The molecule has 5 rings (SSSR count). The van der Waals surface area contributed by atoms with Gasteiger partial charge in [0.1, 0.15) is 17.6 Å². The summed E-state index contributed by atoms with van der Waals surface area (Å²) in [5.74, 6) is 0.286. The summed E-state index contributed by atoms with van der Waals surface area (Å²) in [4.78, 5) is 32.1. The molecule has 0 saturated heterocycles. The zero-order valence-corrected chi connectivity index (χ0v) is 26.3. The average molecular weight is 610 g/mol. The second kappa shape index (κ2) is 14.5. The second-order valence-electron chi connectivity index (χ2n) is 12.1. The van der Waals surface area contributed by atoms with Gasteiger partial charge in [-0.25, -0.2) is 4.98 Å². The summed E-state index contributed by atoms with van der Waals surface area (Å²) in [6.07, 6.45) is 14.8. The van der Waals surface area contributed by atoms with E-state index in [1.165, 1.54) is 12.8 Å². The van der Waals surface area contributed by atoms with Crippen molar-refractivity contribution < 1.29 is 14.0 Å². The molecule has 0 spiro atoms. The number of carbonyl (C=O) groups is 2. The second-order valence-corrected chi connectivity index (χ2v) is 13.1. The topological polar surface area (TPSA) is 118 Å². The maximum absolute atomic E-state index is 15.3. The minimum absolute atomic E-state index is 0.00697. The van der Waals surface area contributed by atoms with Gasteiger partial charge in [0.25, 0.3) is 5.91 Å². The molecule has 2 saturated carbocycles. The average Bonchev–Trinajstić information content (AvgIpc) is 3.62. The third-order valence-electron chi connectivity index (χ3n) is 9.30. The van der Waals surface area contributed by atoms with Gasteiger partial charge in [-0.15, -0.1) is 0 Å². The number of amides is 2. The number of H-pyrrole nitrogens is 1. The zero-order valence-electron chi connectivity index (χ0n) is 25.5. The lowest BCUT2D eigenvalue weighted by Crippen LogP contribution is -2.53. The van der Waals surface area contributed by atoms with Gasteiger partial charge in [0.15, 0.2) is 0 Å². The number of anilines is 1. The molecule has 2 aliphatic carbocycles. The Kier molecular flexibility index (Phi) is 10.5. The van der Waals surface area contributed by atoms with Crippen LogP contribution >= 0.6 is 11.8 Å². The van der Waals surface area contributed by atoms with Crippen LogP contribution < -0.4 is 10.6 Å². The monoisotopic (exact) mass is 609 g/mol. The van der Waals surface area contributed by atoms with Crippen LogP contribution in [-0.4, -0.2) is 54.8 Å². The van der Waals surface area contributed by atoms with Gasteiger partial charge >= 0.3 is 0 Å². The summed E-state index contributed by atoms with van der Waals surface area (Å²) >= 11 is 1.69. The molecule has 0 unspecified atom stereocenters. The van der Waals surface area contributed by atoms with E-state index in [2.05, 4.69) is 30.9 Å². The largest absolute Gasteiger partial charge is 0.339 e. The minimum Gasteiger partial charge on any atom is -0.339 e. The fourth-order valence-electron chi connectivity index (χ4n) is 7.24. The third kappa shape index (κ3) is 7.30. The Bertz CT molecular complexity index is 1360. The Morgan fingerprint density at radius 3 is 2.30 bits per heavy atom. The smallest absolute Gasteiger partial charge is 0.270 e. The van der Waals surface area contributed by atoms with E-state index in [0.717, 1.165) is 62.8 Å². The number of thioether (sulfide) groups is 1. The van der Waals surface area contributed by atoms with Gasteiger partial charge in [-0.1, -0.05) is 64.2 Å². The third-order valence-corrected chi connectivity index (χ3v) is 9.89. The van der Waals surface area contributed by atoms with E-state index in [1.807, 2.05) is 20.1 Å². The first-order valence-corrected chi connectivity index (χ1v) is 17.1. The van der Waals surface area contributed by atoms with Gasteiger partial charge in [0.05, 0.1) is 12.2 Å². The Labute approximate surface area is 257 Å². The molecule has 0 aliphatic heterocycles. The van der Waals surface area contributed by atoms with E-state index in [4.69, 9.17) is 0 Å². The number of carbonyl (C=O) groups excluding carboxylic acids is 2. The van der Waals surface area contributed by atoms with Crippen molar-refractivity contribution in [2.45, 2.75) is 90.6 Å². The Hall–Kier alpha value is -3.21. The van der Waals surface area contributed by atoms with Crippen LogP contribution in [0.4, 0.5) is 10.2 Å². The first-order chi connectivity index (χ1) is 20.9. The number of aryl methyl sites for hydroxylation is 3. The Morgan fingerprint density at radius 2 is 1.72 bits per heavy atom. The maximum atomic E-state index is 15.3. The number of rotatable bonds is 11. The van der Waals surface area contributed by atoms with Crippen molar-refractivity contribution in [3.63, 3.8) is 0 Å². The SMILES string of the molecule is CSCCn1nccc1C(=O)N[C@H](C(=O)Nc1ccc(-c2c(C)n[nH]c2C)c(F)n1)C(C1CCCCC1)C1CCCCC1. The van der Waals surface area contributed by atoms with Crippen molar-refractivity contribution >= 4 is 29.4 Å². The molecular weight excluding hydrogens is 565 g/mol. The number of nitrogens with one attached hydrogen (secondary N) is 3. The lowest BCUT2D eigenvalue weighted by molar-refractivity contribution is -0.121. The first kappa shape index (κ1) is 31.2. The van der Waals surface area contributed by atoms with Crippen LogP contribution in [0.1, 0.15) is 86.1 Å². The van der Waals surface area contributed by atoms with Crippen LogP contribution in [0.2, 0.25) is 0 Å². The van der Waals surface area contributed by atoms with Gasteiger partial charge in [0.2, 0.25) is 11.9 Å². The molecule has 9 nitrogen and oxygen atoms in total. The lowest BCUT2D eigenvalue weighted by atomic mass is 9.66. The van der Waals surface area contributed by atoms with Crippen LogP contribution in [0, 0.1) is 37.5 Å². The van der Waals surface area contributed by atoms with Crippen molar-refractivity contribution in [1.29, 1.82) is 0 Å². The number of aromatic nitrogens is 5. The summed E-state index contributed by atoms with van der Waals surface area (Å²) in [5.41, 5.74) is 2.86. The molecular formula is C32H44FN7O2S. The van der Waals surface area contributed by atoms with E-state index in [1.54, 1.807) is 40.8 Å². The van der Waals surface area contributed by atoms with E-state index in [-0.39, 0.29) is 23.6 Å². The molecule has 0 radical (unpaired) electrons. The van der Waals surface area contributed by atoms with Gasteiger partial charge in [0, 0.05) is 28.8 Å². The molecule has 3 heterocycles. The quantitative estimate of drug-likeness (QED) is 0.220. The fourth-order valence-corrected chi connectivity index (χ4v) is 7.60. The van der Waals surface area contributed by atoms with E-state index in [0.29, 0.717) is 40.9 Å². The van der Waals surface area contributed by atoms with Crippen LogP contribution in [0.5, 0.6) is 0 Å². The number of pyridine rings is 1. The van der Waals surface area contributed by atoms with E-state index < -0.39 is 12.0 Å². The zero-order chi connectivity index (χ0) is 30.3. The summed E-state index contributed by atoms with van der Waals surface area (Å²) in [6, 6.07) is 4.18. The Morgan fingerprint density at radius 1 is 1.05 bits per heavy atom. The summed E-state index contributed by atoms with van der Waals surface area (Å²) < 4.78 is 17.0. The summed E-state index contributed by atoms with van der Waals surface area (Å²) in [6.45, 7) is 4.25. The van der Waals surface area contributed by atoms with Crippen LogP contribution in [0.25, 0.3) is 11.1 Å². The molecule has 0 aromatic carbocycles. The van der Waals surface area contributed by atoms with Crippen LogP contribution in [0.15, 0.2) is 24.4 Å². The molecule has 3 aromatic heterocycles. The number of nitrogens with zero attached hydrogens (tertiary/aromatic N) is 4. The van der Waals surface area contributed by atoms with E-state index >= 15 is 4.39 Å². The van der Waals surface area contributed by atoms with E-state index in [9.17, 15) is 9.59 Å². The number of hydrogen-bond acceptors (Lipinski definition) is 6. The fraction of sp³-hybridized carbons (Fsp3) is 0.594. The maximum Gasteiger partial charge on any atom is 0.270 e. The molecule has 11 heteroatoms. The predicted molar refractivity (Wildman–Crippen MR) is 168 cm³/mol. The molecule has 0 bridgehead atoms. The van der Waals surface area contributed by atoms with Crippen LogP contribution in [0.3, 0.4) is 0 Å². The Balaban J connectivity index is 1.45. The van der Waals surface area contributed by atoms with Crippen molar-refractivity contribution in [1.82, 2.24) is 30.3 Å². The van der Waals surface area contributed by atoms with Crippen molar-refractivity contribution in [2.75, 3.05) is 17.3 Å². The summed E-state index contributed by atoms with van der Waals surface area (Å²) in [5, 5.41) is 17.5. The number of halogens is 1. The molecule has 232 valence electrons. The number of aromatic amines is 1. The molecule has 3 aromatic rings. The van der Waals surface area contributed by atoms with Crippen LogP contribution in [-0.2, 0) is 11.3 Å². The van der Waals surface area contributed by atoms with Gasteiger partial charge in [-0.2, -0.15) is 26.3 Å². The number of hydrogen-bond donors (Lipinski definition) is 3. The molecule has 2 amide bonds. The molecule has 3 N–H and O–H groups in total. The highest BCUT2D eigenvalue weighted by Crippen LogP contribution is 2.42. The molecule has 2 fully saturated rings. The van der Waals surface area contributed by atoms with Gasteiger partial charge in [-0.05, 0) is 56.1 Å². The van der Waals surface area contributed by atoms with Gasteiger partial charge < -0.3 is 10.6 Å². The molecule has 2 aliphatic rings. The highest BCUT2D eigenvalue weighted by molar-refractivity contribution is 7.98. The normalized spacial score (nSPS) is 17.2. The highest BCUT2D eigenvalue weighted by atomic mass is 32.2. The van der Waals surface area contributed by atoms with Crippen molar-refractivity contribution in [2.24, 2.45) is 17.8 Å².